The van der Waals surface area contributed by atoms with Crippen LogP contribution in [0.2, 0.25) is 0 Å². The molecule has 3 aromatic carbocycles. The van der Waals surface area contributed by atoms with Gasteiger partial charge in [0.2, 0.25) is 5.91 Å². The third-order valence-electron chi connectivity index (χ3n) is 4.33. The van der Waals surface area contributed by atoms with Gasteiger partial charge in [0, 0.05) is 22.5 Å². The molecule has 0 bridgehead atoms. The maximum atomic E-state index is 12.3. The number of rotatable bonds is 3. The van der Waals surface area contributed by atoms with E-state index >= 15 is 0 Å². The molecule has 5 aromatic rings. The summed E-state index contributed by atoms with van der Waals surface area (Å²) in [5.41, 5.74) is 3.32. The predicted molar refractivity (Wildman–Crippen MR) is 111 cm³/mol. The topological polar surface area (TPSA) is 55.1 Å². The highest BCUT2D eigenvalue weighted by Crippen LogP contribution is 2.30. The standard InChI is InChI=1S/C22H14N2O2S/c25-21(11-12-22-24-17-6-2-4-8-20(17)27-22)23-14-9-10-19-16(13-14)15-5-1-3-7-18(15)26-19/h1-13H,(H,23,25)/b12-11+. The van der Waals surface area contributed by atoms with Crippen molar-refractivity contribution >= 4 is 61.2 Å². The van der Waals surface area contributed by atoms with E-state index in [1.807, 2.05) is 66.7 Å². The first kappa shape index (κ1) is 15.8. The highest BCUT2D eigenvalue weighted by molar-refractivity contribution is 7.19. The number of furan rings is 1. The van der Waals surface area contributed by atoms with E-state index < -0.39 is 0 Å². The molecule has 1 amide bonds. The molecule has 0 atom stereocenters. The number of anilines is 1. The van der Waals surface area contributed by atoms with Crippen LogP contribution in [0.25, 0.3) is 38.2 Å². The molecule has 27 heavy (non-hydrogen) atoms. The Hall–Kier alpha value is -3.44. The molecule has 5 rings (SSSR count). The number of para-hydroxylation sites is 2. The van der Waals surface area contributed by atoms with Gasteiger partial charge in [-0.1, -0.05) is 30.3 Å². The molecular formula is C22H14N2O2S. The fourth-order valence-electron chi connectivity index (χ4n) is 3.10. The summed E-state index contributed by atoms with van der Waals surface area (Å²) in [4.78, 5) is 16.8. The average Bonchev–Trinajstić information content (AvgIpc) is 3.27. The molecule has 5 heteroatoms. The van der Waals surface area contributed by atoms with Crippen LogP contribution in [0, 0.1) is 0 Å². The quantitative estimate of drug-likeness (QED) is 0.405. The van der Waals surface area contributed by atoms with Crippen molar-refractivity contribution in [2.24, 2.45) is 0 Å². The smallest absolute Gasteiger partial charge is 0.248 e. The number of amides is 1. The molecule has 2 heterocycles. The van der Waals surface area contributed by atoms with Gasteiger partial charge in [-0.25, -0.2) is 4.98 Å². The molecule has 4 nitrogen and oxygen atoms in total. The van der Waals surface area contributed by atoms with Crippen molar-refractivity contribution in [2.45, 2.75) is 0 Å². The van der Waals surface area contributed by atoms with Gasteiger partial charge in [0.1, 0.15) is 16.2 Å². The third-order valence-corrected chi connectivity index (χ3v) is 5.33. The third kappa shape index (κ3) is 2.98. The number of carbonyl (C=O) groups is 1. The minimum atomic E-state index is -0.193. The molecule has 0 saturated carbocycles. The Bertz CT molecular complexity index is 1300. The molecule has 0 fully saturated rings. The summed E-state index contributed by atoms with van der Waals surface area (Å²) in [6, 6.07) is 21.5. The first-order valence-electron chi connectivity index (χ1n) is 8.52. The molecule has 0 aliphatic rings. The van der Waals surface area contributed by atoms with Crippen molar-refractivity contribution in [3.8, 4) is 0 Å². The van der Waals surface area contributed by atoms with Crippen molar-refractivity contribution in [1.82, 2.24) is 4.98 Å². The molecular weight excluding hydrogens is 356 g/mol. The Morgan fingerprint density at radius 3 is 2.70 bits per heavy atom. The SMILES string of the molecule is O=C(/C=C/c1nc2ccccc2s1)Nc1ccc2oc3ccccc3c2c1. The van der Waals surface area contributed by atoms with E-state index in [4.69, 9.17) is 4.42 Å². The molecule has 0 unspecified atom stereocenters. The van der Waals surface area contributed by atoms with Crippen LogP contribution in [0.1, 0.15) is 5.01 Å². The lowest BCUT2D eigenvalue weighted by Gasteiger charge is -2.01. The second-order valence-electron chi connectivity index (χ2n) is 6.15. The van der Waals surface area contributed by atoms with E-state index in [2.05, 4.69) is 10.3 Å². The van der Waals surface area contributed by atoms with Gasteiger partial charge in [-0.05, 0) is 42.5 Å². The summed E-state index contributed by atoms with van der Waals surface area (Å²) < 4.78 is 6.92. The average molecular weight is 370 g/mol. The van der Waals surface area contributed by atoms with Crippen LogP contribution in [-0.2, 0) is 4.79 Å². The number of nitrogens with zero attached hydrogens (tertiary/aromatic N) is 1. The number of hydrogen-bond acceptors (Lipinski definition) is 4. The van der Waals surface area contributed by atoms with E-state index in [0.717, 1.165) is 42.9 Å². The molecule has 1 N–H and O–H groups in total. The Labute approximate surface area is 158 Å². The van der Waals surface area contributed by atoms with Crippen molar-refractivity contribution in [1.29, 1.82) is 0 Å². The lowest BCUT2D eigenvalue weighted by Crippen LogP contribution is -2.07. The number of nitrogens with one attached hydrogen (secondary N) is 1. The maximum absolute atomic E-state index is 12.3. The largest absolute Gasteiger partial charge is 0.456 e. The summed E-state index contributed by atoms with van der Waals surface area (Å²) in [6.07, 6.45) is 3.25. The first-order chi connectivity index (χ1) is 13.3. The van der Waals surface area contributed by atoms with Gasteiger partial charge in [0.05, 0.1) is 10.2 Å². The molecule has 0 radical (unpaired) electrons. The lowest BCUT2D eigenvalue weighted by molar-refractivity contribution is -0.111. The van der Waals surface area contributed by atoms with Crippen LogP contribution in [0.5, 0.6) is 0 Å². The van der Waals surface area contributed by atoms with Crippen LogP contribution < -0.4 is 5.32 Å². The van der Waals surface area contributed by atoms with Gasteiger partial charge in [-0.2, -0.15) is 0 Å². The highest BCUT2D eigenvalue weighted by Gasteiger charge is 2.08. The maximum Gasteiger partial charge on any atom is 0.248 e. The molecule has 0 aliphatic carbocycles. The number of hydrogen-bond donors (Lipinski definition) is 1. The zero-order valence-electron chi connectivity index (χ0n) is 14.2. The molecule has 0 spiro atoms. The van der Waals surface area contributed by atoms with E-state index in [1.54, 1.807) is 17.4 Å². The van der Waals surface area contributed by atoms with Crippen molar-refractivity contribution < 1.29 is 9.21 Å². The fraction of sp³-hybridized carbons (Fsp3) is 0. The van der Waals surface area contributed by atoms with Crippen molar-refractivity contribution in [2.75, 3.05) is 5.32 Å². The summed E-state index contributed by atoms with van der Waals surface area (Å²) in [5, 5.41) is 5.73. The number of benzene rings is 3. The van der Waals surface area contributed by atoms with Crippen LogP contribution in [0.4, 0.5) is 5.69 Å². The summed E-state index contributed by atoms with van der Waals surface area (Å²) in [7, 11) is 0. The molecule has 0 aliphatic heterocycles. The minimum absolute atomic E-state index is 0.193. The van der Waals surface area contributed by atoms with Crippen LogP contribution in [0.3, 0.4) is 0 Å². The number of thiazole rings is 1. The van der Waals surface area contributed by atoms with Gasteiger partial charge in [-0.15, -0.1) is 11.3 Å². The Kier molecular flexibility index (Phi) is 3.73. The minimum Gasteiger partial charge on any atom is -0.456 e. The van der Waals surface area contributed by atoms with Gasteiger partial charge in [-0.3, -0.25) is 4.79 Å². The number of fused-ring (bicyclic) bond motifs is 4. The highest BCUT2D eigenvalue weighted by atomic mass is 32.1. The monoisotopic (exact) mass is 370 g/mol. The zero-order valence-corrected chi connectivity index (χ0v) is 15.0. The van der Waals surface area contributed by atoms with Gasteiger partial charge in [0.15, 0.2) is 0 Å². The molecule has 2 aromatic heterocycles. The normalized spacial score (nSPS) is 11.7. The van der Waals surface area contributed by atoms with Gasteiger partial charge in [0.25, 0.3) is 0 Å². The summed E-state index contributed by atoms with van der Waals surface area (Å²) in [5.74, 6) is -0.193. The fourth-order valence-corrected chi connectivity index (χ4v) is 3.97. The van der Waals surface area contributed by atoms with Crippen LogP contribution in [-0.4, -0.2) is 10.9 Å². The van der Waals surface area contributed by atoms with Crippen LogP contribution in [0.15, 0.2) is 77.2 Å². The van der Waals surface area contributed by atoms with E-state index in [0.29, 0.717) is 0 Å². The number of aromatic nitrogens is 1. The van der Waals surface area contributed by atoms with Gasteiger partial charge >= 0.3 is 0 Å². The number of carbonyl (C=O) groups excluding carboxylic acids is 1. The van der Waals surface area contributed by atoms with Crippen LogP contribution >= 0.6 is 11.3 Å². The second-order valence-corrected chi connectivity index (χ2v) is 7.21. The Morgan fingerprint density at radius 1 is 0.963 bits per heavy atom. The van der Waals surface area contributed by atoms with E-state index in [-0.39, 0.29) is 5.91 Å². The summed E-state index contributed by atoms with van der Waals surface area (Å²) >= 11 is 1.56. The van der Waals surface area contributed by atoms with Crippen molar-refractivity contribution in [3.05, 3.63) is 77.8 Å². The first-order valence-corrected chi connectivity index (χ1v) is 9.34. The Balaban J connectivity index is 1.39. The van der Waals surface area contributed by atoms with Crippen molar-refractivity contribution in [3.63, 3.8) is 0 Å². The lowest BCUT2D eigenvalue weighted by atomic mass is 10.1. The zero-order chi connectivity index (χ0) is 18.2. The Morgan fingerprint density at radius 2 is 1.78 bits per heavy atom. The molecule has 130 valence electrons. The summed E-state index contributed by atoms with van der Waals surface area (Å²) in [6.45, 7) is 0. The van der Waals surface area contributed by atoms with E-state index in [9.17, 15) is 4.79 Å². The van der Waals surface area contributed by atoms with E-state index in [1.165, 1.54) is 6.08 Å². The van der Waals surface area contributed by atoms with Gasteiger partial charge < -0.3 is 9.73 Å². The second kappa shape index (κ2) is 6.37. The predicted octanol–water partition coefficient (Wildman–Crippen LogP) is 5.85. The molecule has 0 saturated heterocycles.